The van der Waals surface area contributed by atoms with Gasteiger partial charge in [0.2, 0.25) is 0 Å². The molecule has 1 amide bonds. The third kappa shape index (κ3) is 2.56. The number of hydrogen-bond donors (Lipinski definition) is 1. The van der Waals surface area contributed by atoms with Crippen LogP contribution in [-0.4, -0.2) is 35.1 Å². The second-order valence-corrected chi connectivity index (χ2v) is 6.18. The minimum Gasteiger partial charge on any atom is -0.382 e. The molecule has 3 aromatic rings. The summed E-state index contributed by atoms with van der Waals surface area (Å²) in [4.78, 5) is 19.1. The summed E-state index contributed by atoms with van der Waals surface area (Å²) in [7, 11) is 0. The maximum atomic E-state index is 12.0. The summed E-state index contributed by atoms with van der Waals surface area (Å²) in [5, 5.41) is 4.90. The summed E-state index contributed by atoms with van der Waals surface area (Å²) < 4.78 is 7.25. The molecule has 3 aromatic heterocycles. The smallest absolute Gasteiger partial charge is 0.261 e. The van der Waals surface area contributed by atoms with Crippen molar-refractivity contribution in [1.82, 2.24) is 14.7 Å². The molecule has 0 bridgehead atoms. The van der Waals surface area contributed by atoms with Crippen LogP contribution in [-0.2, 0) is 4.74 Å². The fourth-order valence-corrected chi connectivity index (χ4v) is 3.68. The molecular formula is C13H15N3O2S2. The van der Waals surface area contributed by atoms with Crippen molar-refractivity contribution in [3.8, 4) is 0 Å². The van der Waals surface area contributed by atoms with Gasteiger partial charge in [-0.3, -0.25) is 9.20 Å². The number of fused-ring (bicyclic) bond motifs is 3. The summed E-state index contributed by atoms with van der Waals surface area (Å²) >= 11 is 3.03. The third-order valence-electron chi connectivity index (χ3n) is 2.92. The molecule has 0 aliphatic heterocycles. The third-order valence-corrected chi connectivity index (χ3v) is 4.69. The van der Waals surface area contributed by atoms with E-state index in [1.807, 2.05) is 29.0 Å². The topological polar surface area (TPSA) is 55.6 Å². The highest BCUT2D eigenvalue weighted by molar-refractivity contribution is 7.21. The van der Waals surface area contributed by atoms with Gasteiger partial charge in [-0.05, 0) is 19.4 Å². The van der Waals surface area contributed by atoms with Crippen LogP contribution in [0, 0.1) is 0 Å². The Balaban J connectivity index is 1.67. The van der Waals surface area contributed by atoms with E-state index in [0.717, 1.165) is 21.7 Å². The van der Waals surface area contributed by atoms with Gasteiger partial charge < -0.3 is 10.1 Å². The van der Waals surface area contributed by atoms with Crippen molar-refractivity contribution in [1.29, 1.82) is 0 Å². The number of carbonyl (C=O) groups is 1. The Labute approximate surface area is 124 Å². The molecule has 7 heteroatoms. The molecule has 0 saturated carbocycles. The maximum Gasteiger partial charge on any atom is 0.261 e. The van der Waals surface area contributed by atoms with Crippen molar-refractivity contribution in [3.05, 3.63) is 22.5 Å². The monoisotopic (exact) mass is 309 g/mol. The summed E-state index contributed by atoms with van der Waals surface area (Å²) in [5.41, 5.74) is 1.01. The number of nitrogens with one attached hydrogen (secondary N) is 1. The molecule has 0 aliphatic rings. The molecule has 0 saturated heterocycles. The molecule has 3 rings (SSSR count). The maximum absolute atomic E-state index is 12.0. The summed E-state index contributed by atoms with van der Waals surface area (Å²) in [5.74, 6) is -0.0338. The number of imidazole rings is 1. The predicted octanol–water partition coefficient (Wildman–Crippen LogP) is 2.77. The number of thiazole rings is 1. The second kappa shape index (κ2) is 5.90. The SMILES string of the molecule is CCOCCCNC(=O)c1cc2c(nc3sccn32)s1. The average molecular weight is 309 g/mol. The van der Waals surface area contributed by atoms with Crippen molar-refractivity contribution < 1.29 is 9.53 Å². The van der Waals surface area contributed by atoms with E-state index in [1.54, 1.807) is 11.3 Å². The van der Waals surface area contributed by atoms with E-state index in [-0.39, 0.29) is 5.91 Å². The number of aromatic nitrogens is 2. The van der Waals surface area contributed by atoms with Gasteiger partial charge in [0.05, 0.1) is 10.4 Å². The molecule has 5 nitrogen and oxygen atoms in total. The van der Waals surface area contributed by atoms with Gasteiger partial charge in [0.25, 0.3) is 5.91 Å². The van der Waals surface area contributed by atoms with Crippen LogP contribution in [0.25, 0.3) is 15.3 Å². The van der Waals surface area contributed by atoms with Crippen LogP contribution in [0.2, 0.25) is 0 Å². The first-order valence-electron chi connectivity index (χ1n) is 6.50. The van der Waals surface area contributed by atoms with Crippen LogP contribution in [0.1, 0.15) is 23.0 Å². The van der Waals surface area contributed by atoms with Crippen LogP contribution in [0.15, 0.2) is 17.6 Å². The normalized spacial score (nSPS) is 11.4. The quantitative estimate of drug-likeness (QED) is 0.712. The van der Waals surface area contributed by atoms with Crippen LogP contribution in [0.4, 0.5) is 0 Å². The zero-order valence-electron chi connectivity index (χ0n) is 11.1. The molecule has 0 unspecified atom stereocenters. The van der Waals surface area contributed by atoms with Gasteiger partial charge in [-0.25, -0.2) is 4.98 Å². The first-order chi connectivity index (χ1) is 9.79. The average Bonchev–Trinajstić information content (AvgIpc) is 3.09. The highest BCUT2D eigenvalue weighted by atomic mass is 32.1. The molecule has 0 radical (unpaired) electrons. The Morgan fingerprint density at radius 1 is 1.55 bits per heavy atom. The zero-order chi connectivity index (χ0) is 13.9. The number of carbonyl (C=O) groups excluding carboxylic acids is 1. The lowest BCUT2D eigenvalue weighted by molar-refractivity contribution is 0.0948. The van der Waals surface area contributed by atoms with Crippen molar-refractivity contribution in [2.45, 2.75) is 13.3 Å². The van der Waals surface area contributed by atoms with Gasteiger partial charge in [-0.15, -0.1) is 22.7 Å². The molecule has 0 aromatic carbocycles. The van der Waals surface area contributed by atoms with Gasteiger partial charge >= 0.3 is 0 Å². The van der Waals surface area contributed by atoms with Gasteiger partial charge in [0.15, 0.2) is 4.96 Å². The molecule has 0 atom stereocenters. The molecule has 3 heterocycles. The Kier molecular flexibility index (Phi) is 4.00. The van der Waals surface area contributed by atoms with Crippen molar-refractivity contribution in [2.24, 2.45) is 0 Å². The molecule has 0 fully saturated rings. The van der Waals surface area contributed by atoms with Crippen LogP contribution >= 0.6 is 22.7 Å². The number of nitrogens with zero attached hydrogens (tertiary/aromatic N) is 2. The number of hydrogen-bond acceptors (Lipinski definition) is 5. The highest BCUT2D eigenvalue weighted by Gasteiger charge is 2.14. The van der Waals surface area contributed by atoms with E-state index >= 15 is 0 Å². The lowest BCUT2D eigenvalue weighted by atomic mass is 10.4. The summed E-state index contributed by atoms with van der Waals surface area (Å²) in [6, 6.07) is 1.91. The minimum absolute atomic E-state index is 0.0338. The summed E-state index contributed by atoms with van der Waals surface area (Å²) in [6.07, 6.45) is 2.81. The Morgan fingerprint density at radius 3 is 3.30 bits per heavy atom. The number of amides is 1. The molecular weight excluding hydrogens is 294 g/mol. The second-order valence-electron chi connectivity index (χ2n) is 4.27. The Morgan fingerprint density at radius 2 is 2.45 bits per heavy atom. The number of ether oxygens (including phenoxy) is 1. The fraction of sp³-hybridized carbons (Fsp3) is 0.385. The number of rotatable bonds is 6. The van der Waals surface area contributed by atoms with E-state index in [4.69, 9.17) is 4.74 Å². The van der Waals surface area contributed by atoms with Crippen LogP contribution in [0.3, 0.4) is 0 Å². The zero-order valence-corrected chi connectivity index (χ0v) is 12.7. The van der Waals surface area contributed by atoms with Gasteiger partial charge in [-0.1, -0.05) is 0 Å². The molecule has 20 heavy (non-hydrogen) atoms. The Hall–Kier alpha value is -1.44. The summed E-state index contributed by atoms with van der Waals surface area (Å²) in [6.45, 7) is 4.00. The van der Waals surface area contributed by atoms with Crippen LogP contribution < -0.4 is 5.32 Å². The van der Waals surface area contributed by atoms with Crippen molar-refractivity contribution >= 4 is 43.9 Å². The first-order valence-corrected chi connectivity index (χ1v) is 8.20. The first kappa shape index (κ1) is 13.5. The lowest BCUT2D eigenvalue weighted by Gasteiger charge is -2.03. The van der Waals surface area contributed by atoms with Gasteiger partial charge in [0, 0.05) is 31.3 Å². The van der Waals surface area contributed by atoms with E-state index in [0.29, 0.717) is 24.6 Å². The van der Waals surface area contributed by atoms with Crippen molar-refractivity contribution in [3.63, 3.8) is 0 Å². The van der Waals surface area contributed by atoms with E-state index in [1.165, 1.54) is 11.3 Å². The lowest BCUT2D eigenvalue weighted by Crippen LogP contribution is -2.24. The molecule has 0 spiro atoms. The Bertz CT molecular complexity index is 728. The molecule has 0 aliphatic carbocycles. The predicted molar refractivity (Wildman–Crippen MR) is 81.9 cm³/mol. The minimum atomic E-state index is -0.0338. The van der Waals surface area contributed by atoms with Crippen molar-refractivity contribution in [2.75, 3.05) is 19.8 Å². The molecule has 106 valence electrons. The standard InChI is InChI=1S/C13H15N3O2S2/c1-2-18-6-3-4-14-11(17)10-8-9-12(20-10)15-13-16(9)5-7-19-13/h5,7-8H,2-4,6H2,1H3,(H,14,17). The van der Waals surface area contributed by atoms with Gasteiger partial charge in [0.1, 0.15) is 4.83 Å². The fourth-order valence-electron chi connectivity index (χ4n) is 1.97. The number of thiophene rings is 1. The van der Waals surface area contributed by atoms with E-state index in [2.05, 4.69) is 10.3 Å². The largest absolute Gasteiger partial charge is 0.382 e. The van der Waals surface area contributed by atoms with Gasteiger partial charge in [-0.2, -0.15) is 0 Å². The van der Waals surface area contributed by atoms with E-state index in [9.17, 15) is 4.79 Å². The van der Waals surface area contributed by atoms with Crippen LogP contribution in [0.5, 0.6) is 0 Å². The highest BCUT2D eigenvalue weighted by Crippen LogP contribution is 2.28. The molecule has 1 N–H and O–H groups in total. The van der Waals surface area contributed by atoms with E-state index < -0.39 is 0 Å².